The van der Waals surface area contributed by atoms with E-state index in [4.69, 9.17) is 20.1 Å². The first-order valence-corrected chi connectivity index (χ1v) is 9.32. The van der Waals surface area contributed by atoms with Crippen molar-refractivity contribution in [2.75, 3.05) is 14.2 Å². The van der Waals surface area contributed by atoms with Crippen LogP contribution in [-0.4, -0.2) is 30.8 Å². The summed E-state index contributed by atoms with van der Waals surface area (Å²) in [5, 5.41) is 10.3. The molecule has 2 aromatic carbocycles. The first kappa shape index (κ1) is 18.8. The minimum Gasteiger partial charge on any atom is -0.497 e. The molecule has 0 radical (unpaired) electrons. The summed E-state index contributed by atoms with van der Waals surface area (Å²) in [6.45, 7) is 1.51. The zero-order valence-electron chi connectivity index (χ0n) is 16.4. The number of hydrazone groups is 1. The van der Waals surface area contributed by atoms with Gasteiger partial charge in [-0.2, -0.15) is 5.10 Å². The Morgan fingerprint density at radius 2 is 1.86 bits per heavy atom. The van der Waals surface area contributed by atoms with E-state index in [1.54, 1.807) is 14.2 Å². The number of fused-ring (bicyclic) bond motifs is 3. The Balaban J connectivity index is 1.84. The SMILES string of the molecule is COc1ccc([C@H]2[C@H]3C[C@H](N=[N+]=[N-])c4ccc(OC)cc4C3=NN2C(C)=O)cc1. The first-order chi connectivity index (χ1) is 14.1. The number of carbonyl (C=O) groups excluding carboxylic acids is 1. The number of hydrogen-bond donors (Lipinski definition) is 0. The van der Waals surface area contributed by atoms with Crippen LogP contribution in [0.15, 0.2) is 52.7 Å². The average Bonchev–Trinajstić information content (AvgIpc) is 3.13. The van der Waals surface area contributed by atoms with Gasteiger partial charge >= 0.3 is 0 Å². The van der Waals surface area contributed by atoms with Crippen molar-refractivity contribution in [3.05, 3.63) is 69.6 Å². The summed E-state index contributed by atoms with van der Waals surface area (Å²) in [5.74, 6) is 1.20. The molecule has 29 heavy (non-hydrogen) atoms. The molecule has 4 rings (SSSR count). The fourth-order valence-corrected chi connectivity index (χ4v) is 4.22. The van der Waals surface area contributed by atoms with Crippen LogP contribution in [0.5, 0.6) is 11.5 Å². The zero-order valence-corrected chi connectivity index (χ0v) is 16.4. The highest BCUT2D eigenvalue weighted by atomic mass is 16.5. The van der Waals surface area contributed by atoms with Gasteiger partial charge < -0.3 is 9.47 Å². The lowest BCUT2D eigenvalue weighted by molar-refractivity contribution is -0.131. The van der Waals surface area contributed by atoms with Crippen molar-refractivity contribution in [2.24, 2.45) is 16.1 Å². The highest BCUT2D eigenvalue weighted by molar-refractivity contribution is 6.07. The van der Waals surface area contributed by atoms with Crippen LogP contribution in [0.1, 0.15) is 42.1 Å². The predicted molar refractivity (Wildman–Crippen MR) is 108 cm³/mol. The molecule has 1 amide bonds. The highest BCUT2D eigenvalue weighted by Gasteiger charge is 2.45. The molecule has 0 saturated carbocycles. The standard InChI is InChI=1S/C21H21N5O3/c1-12(27)26-21(13-4-6-14(28-2)7-5-13)18-11-19(23-25-22)16-9-8-15(29-3)10-17(16)20(18)24-26/h4-10,18-19,21H,11H2,1-3H3/t18-,19-,21-/m0/s1. The van der Waals surface area contributed by atoms with Crippen LogP contribution in [0.2, 0.25) is 0 Å². The van der Waals surface area contributed by atoms with E-state index < -0.39 is 0 Å². The maximum absolute atomic E-state index is 12.4. The molecule has 0 aromatic heterocycles. The minimum atomic E-state index is -0.336. The lowest BCUT2D eigenvalue weighted by Crippen LogP contribution is -2.32. The van der Waals surface area contributed by atoms with E-state index in [1.807, 2.05) is 42.5 Å². The smallest absolute Gasteiger partial charge is 0.240 e. The van der Waals surface area contributed by atoms with Gasteiger partial charge in [0.2, 0.25) is 5.91 Å². The Kier molecular flexibility index (Phi) is 4.86. The van der Waals surface area contributed by atoms with E-state index >= 15 is 0 Å². The molecule has 8 heteroatoms. The number of nitrogens with zero attached hydrogens (tertiary/aromatic N) is 5. The van der Waals surface area contributed by atoms with Crippen molar-refractivity contribution in [1.82, 2.24) is 5.01 Å². The van der Waals surface area contributed by atoms with Crippen LogP contribution in [0.25, 0.3) is 10.4 Å². The normalized spacial score (nSPS) is 22.1. The number of amides is 1. The van der Waals surface area contributed by atoms with E-state index in [9.17, 15) is 4.79 Å². The summed E-state index contributed by atoms with van der Waals surface area (Å²) in [5.41, 5.74) is 12.6. The molecule has 148 valence electrons. The average molecular weight is 391 g/mol. The van der Waals surface area contributed by atoms with E-state index in [0.717, 1.165) is 28.2 Å². The number of hydrogen-bond acceptors (Lipinski definition) is 5. The maximum Gasteiger partial charge on any atom is 0.240 e. The van der Waals surface area contributed by atoms with Gasteiger partial charge in [-0.15, -0.1) is 0 Å². The van der Waals surface area contributed by atoms with Crippen LogP contribution in [0.4, 0.5) is 0 Å². The number of methoxy groups -OCH3 is 2. The summed E-state index contributed by atoms with van der Waals surface area (Å²) >= 11 is 0. The largest absolute Gasteiger partial charge is 0.497 e. The minimum absolute atomic E-state index is 0.0950. The van der Waals surface area contributed by atoms with E-state index in [1.165, 1.54) is 11.9 Å². The fourth-order valence-electron chi connectivity index (χ4n) is 4.22. The van der Waals surface area contributed by atoms with Crippen molar-refractivity contribution >= 4 is 11.6 Å². The molecule has 0 saturated heterocycles. The van der Waals surface area contributed by atoms with Gasteiger partial charge in [-0.3, -0.25) is 4.79 Å². The van der Waals surface area contributed by atoms with Gasteiger partial charge in [-0.25, -0.2) is 5.01 Å². The second-order valence-corrected chi connectivity index (χ2v) is 7.08. The maximum atomic E-state index is 12.4. The first-order valence-electron chi connectivity index (χ1n) is 9.32. The quantitative estimate of drug-likeness (QED) is 0.439. The monoisotopic (exact) mass is 391 g/mol. The molecular formula is C21H21N5O3. The number of rotatable bonds is 4. The fraction of sp³-hybridized carbons (Fsp3) is 0.333. The predicted octanol–water partition coefficient (Wildman–Crippen LogP) is 4.38. The van der Waals surface area contributed by atoms with Gasteiger partial charge in [0.1, 0.15) is 11.5 Å². The Labute approximate surface area is 168 Å². The zero-order chi connectivity index (χ0) is 20.5. The van der Waals surface area contributed by atoms with Gasteiger partial charge in [0.25, 0.3) is 0 Å². The van der Waals surface area contributed by atoms with Gasteiger partial charge in [-0.05, 0) is 47.3 Å². The lowest BCUT2D eigenvalue weighted by atomic mass is 9.75. The molecule has 0 fully saturated rings. The third kappa shape index (κ3) is 3.17. The summed E-state index contributed by atoms with van der Waals surface area (Å²) in [4.78, 5) is 15.5. The molecule has 3 atom stereocenters. The van der Waals surface area contributed by atoms with Crippen LogP contribution in [0, 0.1) is 5.92 Å². The van der Waals surface area contributed by atoms with E-state index in [2.05, 4.69) is 10.0 Å². The van der Waals surface area contributed by atoms with Crippen molar-refractivity contribution in [3.8, 4) is 11.5 Å². The van der Waals surface area contributed by atoms with Crippen LogP contribution >= 0.6 is 0 Å². The molecule has 1 heterocycles. The van der Waals surface area contributed by atoms with Crippen LogP contribution in [-0.2, 0) is 4.79 Å². The lowest BCUT2D eigenvalue weighted by Gasteiger charge is -2.32. The third-order valence-electron chi connectivity index (χ3n) is 5.55. The Morgan fingerprint density at radius 1 is 1.17 bits per heavy atom. The molecular weight excluding hydrogens is 370 g/mol. The molecule has 8 nitrogen and oxygen atoms in total. The Hall–Kier alpha value is -3.51. The molecule has 0 spiro atoms. The van der Waals surface area contributed by atoms with Crippen LogP contribution in [0.3, 0.4) is 0 Å². The number of benzene rings is 2. The van der Waals surface area contributed by atoms with Crippen molar-refractivity contribution in [1.29, 1.82) is 0 Å². The van der Waals surface area contributed by atoms with Gasteiger partial charge in [-0.1, -0.05) is 23.3 Å². The van der Waals surface area contributed by atoms with E-state index in [-0.39, 0.29) is 23.9 Å². The van der Waals surface area contributed by atoms with Gasteiger partial charge in [0.05, 0.1) is 32.0 Å². The number of ether oxygens (including phenoxy) is 2. The molecule has 1 aliphatic heterocycles. The molecule has 2 aromatic rings. The summed E-state index contributed by atoms with van der Waals surface area (Å²) < 4.78 is 10.6. The molecule has 2 aliphatic rings. The second kappa shape index (κ2) is 7.48. The summed E-state index contributed by atoms with van der Waals surface area (Å²) in [6.07, 6.45) is 0.572. The number of carbonyl (C=O) groups is 1. The third-order valence-corrected chi connectivity index (χ3v) is 5.55. The molecule has 0 N–H and O–H groups in total. The molecule has 1 aliphatic carbocycles. The van der Waals surface area contributed by atoms with Gasteiger partial charge in [0, 0.05) is 23.3 Å². The Bertz CT molecular complexity index is 1030. The topological polar surface area (TPSA) is 99.9 Å². The van der Waals surface area contributed by atoms with Crippen molar-refractivity contribution in [3.63, 3.8) is 0 Å². The van der Waals surface area contributed by atoms with Gasteiger partial charge in [0.15, 0.2) is 0 Å². The molecule has 0 unspecified atom stereocenters. The molecule has 0 bridgehead atoms. The van der Waals surface area contributed by atoms with Crippen molar-refractivity contribution < 1.29 is 14.3 Å². The highest BCUT2D eigenvalue weighted by Crippen LogP contribution is 2.48. The van der Waals surface area contributed by atoms with E-state index in [0.29, 0.717) is 12.2 Å². The number of azide groups is 1. The second-order valence-electron chi connectivity index (χ2n) is 7.08. The van der Waals surface area contributed by atoms with Crippen LogP contribution < -0.4 is 9.47 Å². The summed E-state index contributed by atoms with van der Waals surface area (Å²) in [6, 6.07) is 12.7. The summed E-state index contributed by atoms with van der Waals surface area (Å²) in [7, 11) is 3.22. The Morgan fingerprint density at radius 3 is 2.48 bits per heavy atom. The van der Waals surface area contributed by atoms with Crippen molar-refractivity contribution in [2.45, 2.75) is 25.4 Å².